The van der Waals surface area contributed by atoms with Crippen molar-refractivity contribution in [2.45, 2.75) is 32.8 Å². The van der Waals surface area contributed by atoms with E-state index in [2.05, 4.69) is 19.2 Å². The molecule has 0 aromatic rings. The van der Waals surface area contributed by atoms with E-state index in [0.29, 0.717) is 6.10 Å². The minimum Gasteiger partial charge on any atom is -0.380 e. The van der Waals surface area contributed by atoms with Gasteiger partial charge in [0.1, 0.15) is 0 Å². The van der Waals surface area contributed by atoms with Crippen LogP contribution in [0.5, 0.6) is 0 Å². The van der Waals surface area contributed by atoms with E-state index < -0.39 is 0 Å². The van der Waals surface area contributed by atoms with Crippen LogP contribution in [0.2, 0.25) is 0 Å². The number of rotatable bonds is 6. The van der Waals surface area contributed by atoms with Crippen molar-refractivity contribution in [3.63, 3.8) is 0 Å². The first-order valence-corrected chi connectivity index (χ1v) is 4.04. The van der Waals surface area contributed by atoms with Crippen molar-refractivity contribution in [2.75, 3.05) is 20.2 Å². The molecule has 2 heteroatoms. The Bertz CT molecular complexity index is 66.3. The molecule has 0 unspecified atom stereocenters. The van der Waals surface area contributed by atoms with Gasteiger partial charge in [-0.05, 0) is 19.9 Å². The van der Waals surface area contributed by atoms with E-state index in [1.54, 1.807) is 7.11 Å². The van der Waals surface area contributed by atoms with Gasteiger partial charge in [-0.1, -0.05) is 13.3 Å². The fourth-order valence-corrected chi connectivity index (χ4v) is 0.690. The molecule has 0 bridgehead atoms. The number of nitrogens with one attached hydrogen (secondary N) is 1. The number of unbranched alkanes of at least 4 members (excludes halogenated alkanes) is 1. The van der Waals surface area contributed by atoms with E-state index in [4.69, 9.17) is 4.74 Å². The van der Waals surface area contributed by atoms with Crippen LogP contribution in [0.4, 0.5) is 0 Å². The minimum atomic E-state index is 0.344. The number of hydrogen-bond acceptors (Lipinski definition) is 2. The quantitative estimate of drug-likeness (QED) is 0.571. The molecule has 0 aliphatic heterocycles. The lowest BCUT2D eigenvalue weighted by Gasteiger charge is -2.09. The Balaban J connectivity index is 2.89. The second-order valence-corrected chi connectivity index (χ2v) is 2.60. The molecule has 10 heavy (non-hydrogen) atoms. The lowest BCUT2D eigenvalue weighted by Crippen LogP contribution is -2.26. The third kappa shape index (κ3) is 6.05. The predicted molar refractivity (Wildman–Crippen MR) is 44.2 cm³/mol. The lowest BCUT2D eigenvalue weighted by molar-refractivity contribution is 0.117. The Hall–Kier alpha value is -0.0800. The normalized spacial score (nSPS) is 13.5. The topological polar surface area (TPSA) is 21.3 Å². The molecule has 0 saturated heterocycles. The molecule has 2 nitrogen and oxygen atoms in total. The highest BCUT2D eigenvalue weighted by atomic mass is 16.5. The van der Waals surface area contributed by atoms with Gasteiger partial charge in [-0.25, -0.2) is 0 Å². The summed E-state index contributed by atoms with van der Waals surface area (Å²) >= 11 is 0. The number of methoxy groups -OCH3 is 1. The van der Waals surface area contributed by atoms with E-state index >= 15 is 0 Å². The molecule has 0 aromatic carbocycles. The van der Waals surface area contributed by atoms with E-state index in [9.17, 15) is 0 Å². The van der Waals surface area contributed by atoms with Crippen LogP contribution in [0.1, 0.15) is 26.7 Å². The van der Waals surface area contributed by atoms with Crippen molar-refractivity contribution in [3.05, 3.63) is 0 Å². The van der Waals surface area contributed by atoms with Crippen molar-refractivity contribution in [2.24, 2.45) is 0 Å². The molecular weight excluding hydrogens is 126 g/mol. The van der Waals surface area contributed by atoms with Gasteiger partial charge < -0.3 is 10.1 Å². The summed E-state index contributed by atoms with van der Waals surface area (Å²) in [7, 11) is 1.74. The Labute approximate surface area is 64.0 Å². The van der Waals surface area contributed by atoms with Crippen molar-refractivity contribution in [1.29, 1.82) is 0 Å². The molecule has 0 amide bonds. The average Bonchev–Trinajstić information content (AvgIpc) is 1.98. The molecule has 0 heterocycles. The number of hydrogen-bond donors (Lipinski definition) is 1. The van der Waals surface area contributed by atoms with Gasteiger partial charge in [0.15, 0.2) is 0 Å². The SMILES string of the molecule is CCCCNC[C@@H](C)OC. The summed E-state index contributed by atoms with van der Waals surface area (Å²) in [6.45, 7) is 6.35. The molecule has 0 spiro atoms. The van der Waals surface area contributed by atoms with Crippen LogP contribution in [-0.4, -0.2) is 26.3 Å². The highest BCUT2D eigenvalue weighted by Gasteiger charge is 1.95. The van der Waals surface area contributed by atoms with Crippen LogP contribution in [0.3, 0.4) is 0 Å². The molecule has 1 N–H and O–H groups in total. The van der Waals surface area contributed by atoms with Crippen LogP contribution in [0, 0.1) is 0 Å². The van der Waals surface area contributed by atoms with E-state index in [1.807, 2.05) is 0 Å². The fourth-order valence-electron chi connectivity index (χ4n) is 0.690. The summed E-state index contributed by atoms with van der Waals surface area (Å²) in [6.07, 6.45) is 2.86. The smallest absolute Gasteiger partial charge is 0.0667 e. The Kier molecular flexibility index (Phi) is 6.98. The van der Waals surface area contributed by atoms with Crippen LogP contribution < -0.4 is 5.32 Å². The summed E-state index contributed by atoms with van der Waals surface area (Å²) in [5.41, 5.74) is 0. The Morgan fingerprint density at radius 3 is 2.70 bits per heavy atom. The summed E-state index contributed by atoms with van der Waals surface area (Å²) < 4.78 is 5.07. The van der Waals surface area contributed by atoms with E-state index in [-0.39, 0.29) is 0 Å². The van der Waals surface area contributed by atoms with Gasteiger partial charge in [-0.3, -0.25) is 0 Å². The summed E-state index contributed by atoms with van der Waals surface area (Å²) in [4.78, 5) is 0. The maximum atomic E-state index is 5.07. The van der Waals surface area contributed by atoms with Crippen molar-refractivity contribution < 1.29 is 4.74 Å². The van der Waals surface area contributed by atoms with Crippen molar-refractivity contribution >= 4 is 0 Å². The highest BCUT2D eigenvalue weighted by molar-refractivity contribution is 4.53. The van der Waals surface area contributed by atoms with Gasteiger partial charge in [-0.2, -0.15) is 0 Å². The standard InChI is InChI=1S/C8H19NO/c1-4-5-6-9-7-8(2)10-3/h8-9H,4-7H2,1-3H3/t8-/m1/s1. The Morgan fingerprint density at radius 1 is 1.50 bits per heavy atom. The minimum absolute atomic E-state index is 0.344. The van der Waals surface area contributed by atoms with Crippen molar-refractivity contribution in [3.8, 4) is 0 Å². The predicted octanol–water partition coefficient (Wildman–Crippen LogP) is 1.41. The molecule has 0 aromatic heterocycles. The average molecular weight is 145 g/mol. The Morgan fingerprint density at radius 2 is 2.20 bits per heavy atom. The first kappa shape index (κ1) is 9.92. The van der Waals surface area contributed by atoms with Gasteiger partial charge >= 0.3 is 0 Å². The third-order valence-electron chi connectivity index (χ3n) is 1.54. The van der Waals surface area contributed by atoms with Crippen LogP contribution >= 0.6 is 0 Å². The molecule has 0 saturated carbocycles. The molecule has 0 radical (unpaired) electrons. The maximum absolute atomic E-state index is 5.07. The largest absolute Gasteiger partial charge is 0.380 e. The molecule has 62 valence electrons. The number of ether oxygens (including phenoxy) is 1. The zero-order chi connectivity index (χ0) is 7.82. The van der Waals surface area contributed by atoms with E-state index in [1.165, 1.54) is 12.8 Å². The van der Waals surface area contributed by atoms with Crippen LogP contribution in [-0.2, 0) is 4.74 Å². The highest BCUT2D eigenvalue weighted by Crippen LogP contribution is 1.85. The van der Waals surface area contributed by atoms with Crippen LogP contribution in [0.15, 0.2) is 0 Å². The zero-order valence-electron chi connectivity index (χ0n) is 7.31. The molecule has 0 aliphatic carbocycles. The molecule has 0 aliphatic rings. The van der Waals surface area contributed by atoms with Crippen LogP contribution in [0.25, 0.3) is 0 Å². The summed E-state index contributed by atoms with van der Waals surface area (Å²) in [5, 5.41) is 3.31. The third-order valence-corrected chi connectivity index (χ3v) is 1.54. The lowest BCUT2D eigenvalue weighted by atomic mass is 10.3. The first-order valence-electron chi connectivity index (χ1n) is 4.04. The monoisotopic (exact) mass is 145 g/mol. The molecular formula is C8H19NO. The zero-order valence-corrected chi connectivity index (χ0v) is 7.31. The maximum Gasteiger partial charge on any atom is 0.0667 e. The van der Waals surface area contributed by atoms with Gasteiger partial charge in [0.25, 0.3) is 0 Å². The second kappa shape index (κ2) is 7.03. The van der Waals surface area contributed by atoms with Gasteiger partial charge in [0.2, 0.25) is 0 Å². The van der Waals surface area contributed by atoms with Gasteiger partial charge in [0, 0.05) is 13.7 Å². The summed E-state index contributed by atoms with van der Waals surface area (Å²) in [5.74, 6) is 0. The van der Waals surface area contributed by atoms with Gasteiger partial charge in [-0.15, -0.1) is 0 Å². The second-order valence-electron chi connectivity index (χ2n) is 2.60. The summed E-state index contributed by atoms with van der Waals surface area (Å²) in [6, 6.07) is 0. The fraction of sp³-hybridized carbons (Fsp3) is 1.00. The molecule has 0 fully saturated rings. The first-order chi connectivity index (χ1) is 4.81. The van der Waals surface area contributed by atoms with Crippen molar-refractivity contribution in [1.82, 2.24) is 5.32 Å². The molecule has 0 rings (SSSR count). The van der Waals surface area contributed by atoms with Gasteiger partial charge in [0.05, 0.1) is 6.10 Å². The molecule has 1 atom stereocenters. The van der Waals surface area contributed by atoms with E-state index in [0.717, 1.165) is 13.1 Å².